The number of ether oxygens (including phenoxy) is 1. The Bertz CT molecular complexity index is 785. The molecule has 0 aromatic heterocycles. The van der Waals surface area contributed by atoms with Gasteiger partial charge in [0.25, 0.3) is 0 Å². The molecule has 0 fully saturated rings. The van der Waals surface area contributed by atoms with E-state index in [1.165, 1.54) is 6.21 Å². The van der Waals surface area contributed by atoms with Crippen molar-refractivity contribution in [3.63, 3.8) is 0 Å². The summed E-state index contributed by atoms with van der Waals surface area (Å²) in [5.74, 6) is 5.80. The van der Waals surface area contributed by atoms with Gasteiger partial charge in [0.1, 0.15) is 18.7 Å². The summed E-state index contributed by atoms with van der Waals surface area (Å²) in [6.45, 7) is 0.142. The maximum atomic E-state index is 6.96. The van der Waals surface area contributed by atoms with Crippen molar-refractivity contribution in [3.8, 4) is 5.75 Å². The molecule has 2 aromatic rings. The molecule has 0 atom stereocenters. The molecule has 25 heavy (non-hydrogen) atoms. The first kappa shape index (κ1) is 21.8. The quantitative estimate of drug-likeness (QED) is 0.206. The molecule has 0 aliphatic heterocycles. The monoisotopic (exact) mass is 440 g/mol. The highest BCUT2D eigenvalue weighted by Gasteiger charge is 2.10. The highest BCUT2D eigenvalue weighted by atomic mass is 35.5. The van der Waals surface area contributed by atoms with Crippen LogP contribution in [0, 0.1) is 5.41 Å². The molecular weight excluding hydrogens is 429 g/mol. The van der Waals surface area contributed by atoms with Gasteiger partial charge in [-0.1, -0.05) is 58.5 Å². The molecule has 0 aliphatic rings. The number of nitrogens with one attached hydrogen (secondary N) is 1. The van der Waals surface area contributed by atoms with Crippen molar-refractivity contribution in [1.82, 2.24) is 5.12 Å². The molecule has 5 nitrogen and oxygen atoms in total. The van der Waals surface area contributed by atoms with Gasteiger partial charge in [-0.25, -0.2) is 5.84 Å². The summed E-state index contributed by atoms with van der Waals surface area (Å²) >= 11 is 24.4. The van der Waals surface area contributed by atoms with Crippen molar-refractivity contribution < 1.29 is 4.74 Å². The van der Waals surface area contributed by atoms with Gasteiger partial charge in [0.05, 0.1) is 21.3 Å². The van der Waals surface area contributed by atoms with Crippen LogP contribution < -0.4 is 10.6 Å². The summed E-state index contributed by atoms with van der Waals surface area (Å²) in [5, 5.41) is 13.2. The summed E-state index contributed by atoms with van der Waals surface area (Å²) < 4.78 is 5.70. The Kier molecular flexibility index (Phi) is 8.79. The molecule has 3 N–H and O–H groups in total. The van der Waals surface area contributed by atoms with Crippen molar-refractivity contribution in [1.29, 1.82) is 5.41 Å². The van der Waals surface area contributed by atoms with Crippen LogP contribution in [0.3, 0.4) is 0 Å². The van der Waals surface area contributed by atoms with E-state index in [2.05, 4.69) is 5.10 Å². The van der Waals surface area contributed by atoms with Gasteiger partial charge in [0, 0.05) is 16.1 Å². The van der Waals surface area contributed by atoms with Crippen LogP contribution in [0.2, 0.25) is 20.1 Å². The van der Waals surface area contributed by atoms with Gasteiger partial charge >= 0.3 is 0 Å². The van der Waals surface area contributed by atoms with Gasteiger partial charge in [0.15, 0.2) is 0 Å². The van der Waals surface area contributed by atoms with Crippen LogP contribution in [0.5, 0.6) is 5.75 Å². The van der Waals surface area contributed by atoms with Crippen LogP contribution in [-0.4, -0.2) is 17.7 Å². The molecule has 0 amide bonds. The van der Waals surface area contributed by atoms with E-state index in [9.17, 15) is 0 Å². The molecule has 0 radical (unpaired) electrons. The van der Waals surface area contributed by atoms with Crippen LogP contribution >= 0.6 is 58.8 Å². The maximum Gasteiger partial charge on any atom is 0.139 e. The molecule has 0 heterocycles. The molecule has 0 bridgehead atoms. The minimum absolute atomic E-state index is 0. The Morgan fingerprint density at radius 1 is 1.16 bits per heavy atom. The van der Waals surface area contributed by atoms with Crippen LogP contribution in [0.15, 0.2) is 35.4 Å². The van der Waals surface area contributed by atoms with E-state index in [4.69, 9.17) is 62.4 Å². The Hall–Kier alpha value is -1.21. The molecule has 0 unspecified atom stereocenters. The highest BCUT2D eigenvalue weighted by Crippen LogP contribution is 2.32. The van der Waals surface area contributed by atoms with E-state index in [0.717, 1.165) is 11.5 Å². The summed E-state index contributed by atoms with van der Waals surface area (Å²) in [6.07, 6.45) is 2.28. The second-order valence-electron chi connectivity index (χ2n) is 4.56. The topological polar surface area (TPSA) is 74.7 Å². The third-order valence-electron chi connectivity index (χ3n) is 2.91. The number of nitrogens with zero attached hydrogens (tertiary/aromatic N) is 2. The normalized spacial score (nSPS) is 10.4. The van der Waals surface area contributed by atoms with Gasteiger partial charge in [-0.05, 0) is 18.2 Å². The van der Waals surface area contributed by atoms with Gasteiger partial charge in [-0.3, -0.25) is 5.41 Å². The zero-order valence-corrected chi connectivity index (χ0v) is 16.4. The van der Waals surface area contributed by atoms with Crippen molar-refractivity contribution in [2.24, 2.45) is 10.9 Å². The predicted molar refractivity (Wildman–Crippen MR) is 107 cm³/mol. The number of hydrazone groups is 1. The molecular formula is C15H13Cl5N4O. The summed E-state index contributed by atoms with van der Waals surface area (Å²) in [5.41, 5.74) is 1.22. The third-order valence-corrected chi connectivity index (χ3v) is 4.37. The number of rotatable bonds is 6. The fraction of sp³-hybridized carbons (Fsp3) is 0.0667. The second-order valence-corrected chi connectivity index (χ2v) is 6.16. The molecule has 0 saturated carbocycles. The van der Waals surface area contributed by atoms with Crippen molar-refractivity contribution in [2.45, 2.75) is 6.61 Å². The van der Waals surface area contributed by atoms with Crippen molar-refractivity contribution in [2.75, 3.05) is 0 Å². The maximum absolute atomic E-state index is 6.96. The lowest BCUT2D eigenvalue weighted by Gasteiger charge is -2.12. The molecule has 10 heteroatoms. The minimum atomic E-state index is 0. The predicted octanol–water partition coefficient (Wildman–Crippen LogP) is 5.42. The zero-order valence-electron chi connectivity index (χ0n) is 12.5. The van der Waals surface area contributed by atoms with Gasteiger partial charge in [-0.2, -0.15) is 10.2 Å². The van der Waals surface area contributed by atoms with E-state index >= 15 is 0 Å². The molecule has 2 aromatic carbocycles. The first-order chi connectivity index (χ1) is 11.4. The van der Waals surface area contributed by atoms with Crippen molar-refractivity contribution >= 4 is 71.4 Å². The Morgan fingerprint density at radius 3 is 2.56 bits per heavy atom. The minimum Gasteiger partial charge on any atom is -0.487 e. The van der Waals surface area contributed by atoms with E-state index in [1.807, 2.05) is 0 Å². The SMILES string of the molecule is Cl.N=CN(N)/N=C/c1cccc(OCc2cc(Cl)cc(Cl)c2Cl)c1Cl. The number of halogens is 5. The number of benzene rings is 2. The molecule has 134 valence electrons. The van der Waals surface area contributed by atoms with Gasteiger partial charge in [-0.15, -0.1) is 12.4 Å². The Labute approximate surface area is 171 Å². The van der Waals surface area contributed by atoms with Crippen molar-refractivity contribution in [3.05, 3.63) is 61.5 Å². The number of nitrogens with two attached hydrogens (primary N) is 1. The van der Waals surface area contributed by atoms with E-state index in [0.29, 0.717) is 37.0 Å². The van der Waals surface area contributed by atoms with Crippen LogP contribution in [0.1, 0.15) is 11.1 Å². The standard InChI is InChI=1S/C15H12Cl4N4O.ClH/c16-11-4-10(14(18)12(17)5-11)7-24-13-3-1-2-9(15(13)19)6-22-23(21)8-20;/h1-6,8,20H,7,21H2;1H/b20-8?,22-6+;. The number of hydrazine groups is 1. The molecule has 0 saturated heterocycles. The van der Waals surface area contributed by atoms with Gasteiger partial charge < -0.3 is 4.74 Å². The lowest BCUT2D eigenvalue weighted by Crippen LogP contribution is -2.22. The first-order valence-electron chi connectivity index (χ1n) is 6.55. The highest BCUT2D eigenvalue weighted by molar-refractivity contribution is 6.43. The fourth-order valence-electron chi connectivity index (χ4n) is 1.77. The van der Waals surface area contributed by atoms with Crippen LogP contribution in [0.4, 0.5) is 0 Å². The number of hydrogen-bond donors (Lipinski definition) is 2. The molecule has 2 rings (SSSR count). The summed E-state index contributed by atoms with van der Waals surface area (Å²) in [4.78, 5) is 0. The smallest absolute Gasteiger partial charge is 0.139 e. The lowest BCUT2D eigenvalue weighted by atomic mass is 10.2. The molecule has 0 spiro atoms. The van der Waals surface area contributed by atoms with Gasteiger partial charge in [0.2, 0.25) is 0 Å². The average Bonchev–Trinajstić information content (AvgIpc) is 2.56. The Morgan fingerprint density at radius 2 is 1.88 bits per heavy atom. The summed E-state index contributed by atoms with van der Waals surface area (Å²) in [6, 6.07) is 8.42. The van der Waals surface area contributed by atoms with Crippen LogP contribution in [0.25, 0.3) is 0 Å². The zero-order chi connectivity index (χ0) is 17.7. The number of hydrogen-bond acceptors (Lipinski definition) is 4. The van der Waals surface area contributed by atoms with E-state index in [-0.39, 0.29) is 19.0 Å². The largest absolute Gasteiger partial charge is 0.487 e. The summed E-state index contributed by atoms with van der Waals surface area (Å²) in [7, 11) is 0. The van der Waals surface area contributed by atoms with Crippen LogP contribution in [-0.2, 0) is 6.61 Å². The molecule has 0 aliphatic carbocycles. The second kappa shape index (κ2) is 10.1. The fourth-order valence-corrected chi connectivity index (χ4v) is 2.70. The Balaban J connectivity index is 0.00000312. The average molecular weight is 443 g/mol. The van der Waals surface area contributed by atoms with E-state index in [1.54, 1.807) is 30.3 Å². The first-order valence-corrected chi connectivity index (χ1v) is 8.06. The van der Waals surface area contributed by atoms with E-state index < -0.39 is 0 Å². The lowest BCUT2D eigenvalue weighted by molar-refractivity contribution is 0.306. The third kappa shape index (κ3) is 5.92.